The molecule has 2 fully saturated rings. The highest BCUT2D eigenvalue weighted by Gasteiger charge is 2.37. The molecule has 7 nitrogen and oxygen atoms in total. The maximum Gasteiger partial charge on any atom is 0.326 e. The highest BCUT2D eigenvalue weighted by Crippen LogP contribution is 2.32. The van der Waals surface area contributed by atoms with Gasteiger partial charge in [-0.05, 0) is 48.4 Å². The number of hydrogen-bond acceptors (Lipinski definition) is 5. The molecule has 0 unspecified atom stereocenters. The van der Waals surface area contributed by atoms with E-state index in [4.69, 9.17) is 16.7 Å². The number of benzene rings is 1. The van der Waals surface area contributed by atoms with E-state index in [0.717, 1.165) is 22.2 Å². The summed E-state index contributed by atoms with van der Waals surface area (Å²) in [7, 11) is 0. The lowest BCUT2D eigenvalue weighted by molar-refractivity contribution is -0.148. The summed E-state index contributed by atoms with van der Waals surface area (Å²) < 4.78 is 0. The number of nitrogens with zero attached hydrogens (tertiary/aromatic N) is 2. The molecule has 1 N–H and O–H groups in total. The molecule has 1 aromatic carbocycles. The minimum absolute atomic E-state index is 0.0652. The van der Waals surface area contributed by atoms with Crippen molar-refractivity contribution in [3.05, 3.63) is 39.8 Å². The van der Waals surface area contributed by atoms with Gasteiger partial charge in [0.15, 0.2) is 0 Å². The first-order chi connectivity index (χ1) is 12.9. The van der Waals surface area contributed by atoms with Gasteiger partial charge in [0, 0.05) is 24.5 Å². The first kappa shape index (κ1) is 19.4. The maximum atomic E-state index is 12.5. The molecular formula is C18H17ClN2O5S. The number of rotatable bonds is 5. The van der Waals surface area contributed by atoms with Gasteiger partial charge in [0.25, 0.3) is 11.1 Å². The molecular weight excluding hydrogens is 392 g/mol. The van der Waals surface area contributed by atoms with Gasteiger partial charge in [-0.1, -0.05) is 23.7 Å². The molecule has 0 bridgehead atoms. The van der Waals surface area contributed by atoms with Gasteiger partial charge in [-0.2, -0.15) is 0 Å². The second kappa shape index (κ2) is 8.14. The smallest absolute Gasteiger partial charge is 0.326 e. The van der Waals surface area contributed by atoms with Crippen molar-refractivity contribution < 1.29 is 24.3 Å². The van der Waals surface area contributed by atoms with Gasteiger partial charge < -0.3 is 10.0 Å². The summed E-state index contributed by atoms with van der Waals surface area (Å²) in [6, 6.07) is 6.02. The van der Waals surface area contributed by atoms with Crippen molar-refractivity contribution in [3.63, 3.8) is 0 Å². The molecule has 2 heterocycles. The second-order valence-electron chi connectivity index (χ2n) is 6.22. The predicted octanol–water partition coefficient (Wildman–Crippen LogP) is 2.84. The topological polar surface area (TPSA) is 95.0 Å². The van der Waals surface area contributed by atoms with Crippen LogP contribution in [-0.2, 0) is 14.4 Å². The van der Waals surface area contributed by atoms with Crippen molar-refractivity contribution in [3.8, 4) is 0 Å². The monoisotopic (exact) mass is 408 g/mol. The van der Waals surface area contributed by atoms with Gasteiger partial charge in [-0.15, -0.1) is 0 Å². The van der Waals surface area contributed by atoms with Crippen molar-refractivity contribution >= 4 is 52.5 Å². The Bertz CT molecular complexity index is 824. The molecule has 0 aromatic heterocycles. The molecule has 0 spiro atoms. The van der Waals surface area contributed by atoms with Crippen molar-refractivity contribution in [1.29, 1.82) is 0 Å². The minimum Gasteiger partial charge on any atom is -0.480 e. The average molecular weight is 409 g/mol. The van der Waals surface area contributed by atoms with Crippen LogP contribution in [0, 0.1) is 0 Å². The van der Waals surface area contributed by atoms with E-state index < -0.39 is 23.2 Å². The first-order valence-electron chi connectivity index (χ1n) is 8.40. The Balaban J connectivity index is 1.63. The van der Waals surface area contributed by atoms with Gasteiger partial charge >= 0.3 is 5.97 Å². The standard InChI is InChI=1S/C18H17ClN2O5S/c19-12-5-3-11(4-6-12)10-14-16(23)21(18(26)27-14)9-7-15(22)20-8-1-2-13(20)17(24)25/h3-6,10,13H,1-2,7-9H2,(H,24,25)/b14-10-/t13-/m1/s1. The van der Waals surface area contributed by atoms with Gasteiger partial charge in [0.05, 0.1) is 4.91 Å². The third-order valence-corrected chi connectivity index (χ3v) is 5.61. The van der Waals surface area contributed by atoms with E-state index in [1.807, 2.05) is 0 Å². The molecule has 142 valence electrons. The van der Waals surface area contributed by atoms with Crippen LogP contribution in [0.3, 0.4) is 0 Å². The molecule has 0 saturated carbocycles. The zero-order chi connectivity index (χ0) is 19.6. The van der Waals surface area contributed by atoms with E-state index in [0.29, 0.717) is 24.4 Å². The quantitative estimate of drug-likeness (QED) is 0.753. The van der Waals surface area contributed by atoms with Crippen LogP contribution in [0.5, 0.6) is 0 Å². The highest BCUT2D eigenvalue weighted by molar-refractivity contribution is 8.18. The number of amides is 3. The van der Waals surface area contributed by atoms with E-state index >= 15 is 0 Å². The number of halogens is 1. The molecule has 2 aliphatic rings. The van der Waals surface area contributed by atoms with Crippen molar-refractivity contribution in [2.45, 2.75) is 25.3 Å². The highest BCUT2D eigenvalue weighted by atomic mass is 35.5. The molecule has 3 rings (SSSR count). The van der Waals surface area contributed by atoms with Gasteiger partial charge in [0.2, 0.25) is 5.91 Å². The summed E-state index contributed by atoms with van der Waals surface area (Å²) in [4.78, 5) is 50.7. The van der Waals surface area contributed by atoms with Crippen LogP contribution >= 0.6 is 23.4 Å². The molecule has 0 aliphatic carbocycles. The molecule has 2 saturated heterocycles. The van der Waals surface area contributed by atoms with E-state index in [2.05, 4.69) is 0 Å². The minimum atomic E-state index is -1.03. The molecule has 3 amide bonds. The average Bonchev–Trinajstić information content (AvgIpc) is 3.21. The summed E-state index contributed by atoms with van der Waals surface area (Å²) in [6.07, 6.45) is 2.57. The van der Waals surface area contributed by atoms with Crippen LogP contribution in [-0.4, -0.2) is 57.1 Å². The number of carboxylic acid groups (broad SMARTS) is 1. The lowest BCUT2D eigenvalue weighted by Crippen LogP contribution is -2.42. The van der Waals surface area contributed by atoms with Crippen molar-refractivity contribution in [2.24, 2.45) is 0 Å². The van der Waals surface area contributed by atoms with Crippen LogP contribution in [0.2, 0.25) is 5.02 Å². The molecule has 1 aromatic rings. The fourth-order valence-electron chi connectivity index (χ4n) is 3.08. The summed E-state index contributed by atoms with van der Waals surface area (Å²) in [5, 5.41) is 9.29. The number of aliphatic carboxylic acids is 1. The van der Waals surface area contributed by atoms with Gasteiger partial charge in [0.1, 0.15) is 6.04 Å². The Morgan fingerprint density at radius 2 is 1.96 bits per heavy atom. The van der Waals surface area contributed by atoms with E-state index in [1.165, 1.54) is 4.90 Å². The summed E-state index contributed by atoms with van der Waals surface area (Å²) in [6.45, 7) is 0.318. The first-order valence-corrected chi connectivity index (χ1v) is 9.59. The van der Waals surface area contributed by atoms with Gasteiger partial charge in [-0.25, -0.2) is 4.79 Å². The summed E-state index contributed by atoms with van der Waals surface area (Å²) in [5.41, 5.74) is 0.738. The third-order valence-electron chi connectivity index (χ3n) is 4.45. The predicted molar refractivity (Wildman–Crippen MR) is 101 cm³/mol. The number of carboxylic acids is 1. The maximum absolute atomic E-state index is 12.5. The SMILES string of the molecule is O=C(O)[C@H]1CCCN1C(=O)CCN1C(=O)S/C(=C\c2ccc(Cl)cc2)C1=O. The summed E-state index contributed by atoms with van der Waals surface area (Å²) in [5.74, 6) is -1.84. The Morgan fingerprint density at radius 1 is 1.26 bits per heavy atom. The van der Waals surface area contributed by atoms with Crippen LogP contribution in [0.25, 0.3) is 6.08 Å². The molecule has 0 radical (unpaired) electrons. The Kier molecular flexibility index (Phi) is 5.86. The van der Waals surface area contributed by atoms with Crippen LogP contribution in [0.4, 0.5) is 4.79 Å². The number of likely N-dealkylation sites (tertiary alicyclic amines) is 1. The molecule has 9 heteroatoms. The number of imide groups is 1. The van der Waals surface area contributed by atoms with Gasteiger partial charge in [-0.3, -0.25) is 19.3 Å². The van der Waals surface area contributed by atoms with Crippen LogP contribution < -0.4 is 0 Å². The Morgan fingerprint density at radius 3 is 2.63 bits per heavy atom. The fraction of sp³-hybridized carbons (Fsp3) is 0.333. The van der Waals surface area contributed by atoms with E-state index in [1.54, 1.807) is 30.3 Å². The lowest BCUT2D eigenvalue weighted by Gasteiger charge is -2.22. The number of carbonyl (C=O) groups is 4. The zero-order valence-corrected chi connectivity index (χ0v) is 15.8. The normalized spacial score (nSPS) is 21.4. The third kappa shape index (κ3) is 4.33. The van der Waals surface area contributed by atoms with E-state index in [9.17, 15) is 19.2 Å². The van der Waals surface area contributed by atoms with Crippen LogP contribution in [0.15, 0.2) is 29.2 Å². The van der Waals surface area contributed by atoms with Crippen molar-refractivity contribution in [2.75, 3.05) is 13.1 Å². The lowest BCUT2D eigenvalue weighted by atomic mass is 10.2. The number of thioether (sulfide) groups is 1. The van der Waals surface area contributed by atoms with Crippen LogP contribution in [0.1, 0.15) is 24.8 Å². The van der Waals surface area contributed by atoms with Crippen molar-refractivity contribution in [1.82, 2.24) is 9.80 Å². The molecule has 1 atom stereocenters. The molecule has 2 aliphatic heterocycles. The second-order valence-corrected chi connectivity index (χ2v) is 7.65. The largest absolute Gasteiger partial charge is 0.480 e. The number of carbonyl (C=O) groups excluding carboxylic acids is 3. The number of hydrogen-bond donors (Lipinski definition) is 1. The fourth-order valence-corrected chi connectivity index (χ4v) is 4.07. The summed E-state index contributed by atoms with van der Waals surface area (Å²) >= 11 is 6.65. The molecule has 27 heavy (non-hydrogen) atoms. The zero-order valence-electron chi connectivity index (χ0n) is 14.3. The Labute approximate surface area is 164 Å². The Hall–Kier alpha value is -2.32. The van der Waals surface area contributed by atoms with E-state index in [-0.39, 0.29) is 23.8 Å².